The number of benzene rings is 2. The summed E-state index contributed by atoms with van der Waals surface area (Å²) >= 11 is 0. The minimum Gasteiger partial charge on any atom is -0.496 e. The molecule has 0 spiro atoms. The van der Waals surface area contributed by atoms with Crippen LogP contribution in [0.4, 0.5) is 0 Å². The summed E-state index contributed by atoms with van der Waals surface area (Å²) in [5.74, 6) is 1.75. The Kier molecular flexibility index (Phi) is 8.10. The molecule has 0 atom stereocenters. The summed E-state index contributed by atoms with van der Waals surface area (Å²) in [6.45, 7) is 9.82. The van der Waals surface area contributed by atoms with Crippen LogP contribution in [-0.4, -0.2) is 33.2 Å². The Labute approximate surface area is 171 Å². The van der Waals surface area contributed by atoms with Crippen molar-refractivity contribution in [2.75, 3.05) is 27.4 Å². The zero-order chi connectivity index (χ0) is 21.2. The molecule has 5 nitrogen and oxygen atoms in total. The van der Waals surface area contributed by atoms with Crippen LogP contribution in [0.5, 0.6) is 23.0 Å². The van der Waals surface area contributed by atoms with Gasteiger partial charge in [0.15, 0.2) is 5.78 Å². The van der Waals surface area contributed by atoms with Crippen LogP contribution in [0.25, 0.3) is 6.08 Å². The van der Waals surface area contributed by atoms with E-state index < -0.39 is 0 Å². The van der Waals surface area contributed by atoms with Gasteiger partial charge >= 0.3 is 0 Å². The van der Waals surface area contributed by atoms with Gasteiger partial charge in [-0.25, -0.2) is 0 Å². The Morgan fingerprint density at radius 2 is 1.59 bits per heavy atom. The van der Waals surface area contributed by atoms with E-state index in [2.05, 4.69) is 13.2 Å². The molecule has 0 fully saturated rings. The van der Waals surface area contributed by atoms with Gasteiger partial charge in [-0.05, 0) is 30.2 Å². The molecule has 0 aromatic heterocycles. The molecule has 29 heavy (non-hydrogen) atoms. The summed E-state index contributed by atoms with van der Waals surface area (Å²) in [6, 6.07) is 9.04. The Bertz CT molecular complexity index is 912. The van der Waals surface area contributed by atoms with Crippen molar-refractivity contribution >= 4 is 11.9 Å². The third kappa shape index (κ3) is 5.75. The van der Waals surface area contributed by atoms with Gasteiger partial charge in [-0.3, -0.25) is 4.79 Å². The van der Waals surface area contributed by atoms with Crippen LogP contribution in [0.1, 0.15) is 21.5 Å². The van der Waals surface area contributed by atoms with Gasteiger partial charge in [0.1, 0.15) is 41.8 Å². The molecule has 0 saturated heterocycles. The maximum absolute atomic E-state index is 13.0. The minimum atomic E-state index is -0.254. The molecule has 0 saturated carbocycles. The number of hydrogen-bond acceptors (Lipinski definition) is 5. The number of ketones is 1. The molecule has 0 aliphatic rings. The highest BCUT2D eigenvalue weighted by Gasteiger charge is 2.19. The highest BCUT2D eigenvalue weighted by Crippen LogP contribution is 2.35. The molecule has 0 heterocycles. The Morgan fingerprint density at radius 3 is 2.24 bits per heavy atom. The van der Waals surface area contributed by atoms with Crippen molar-refractivity contribution in [3.05, 3.63) is 78.4 Å². The zero-order valence-electron chi connectivity index (χ0n) is 17.1. The predicted molar refractivity (Wildman–Crippen MR) is 115 cm³/mol. The predicted octanol–water partition coefficient (Wildman–Crippen LogP) is 5.04. The second-order valence-corrected chi connectivity index (χ2v) is 6.12. The summed E-state index contributed by atoms with van der Waals surface area (Å²) in [7, 11) is 3.11. The first kappa shape index (κ1) is 21.8. The average molecular weight is 394 g/mol. The van der Waals surface area contributed by atoms with E-state index in [1.807, 2.05) is 25.1 Å². The molecule has 0 N–H and O–H groups in total. The molecular weight excluding hydrogens is 368 g/mol. The van der Waals surface area contributed by atoms with Gasteiger partial charge in [0.2, 0.25) is 0 Å². The topological polar surface area (TPSA) is 54.0 Å². The smallest absolute Gasteiger partial charge is 0.193 e. The number of carbonyl (C=O) groups excluding carboxylic acids is 1. The number of ether oxygens (including phenoxy) is 4. The van der Waals surface area contributed by atoms with E-state index in [1.165, 1.54) is 13.2 Å². The average Bonchev–Trinajstić information content (AvgIpc) is 2.74. The van der Waals surface area contributed by atoms with Gasteiger partial charge in [0.25, 0.3) is 0 Å². The first-order chi connectivity index (χ1) is 14.0. The molecule has 0 radical (unpaired) electrons. The lowest BCUT2D eigenvalue weighted by Crippen LogP contribution is -2.06. The van der Waals surface area contributed by atoms with Crippen LogP contribution in [0.3, 0.4) is 0 Å². The largest absolute Gasteiger partial charge is 0.496 e. The fourth-order valence-corrected chi connectivity index (χ4v) is 2.67. The molecule has 152 valence electrons. The standard InChI is InChI=1S/C24H26O5/c1-6-12-28-19-15-22(27-5)24(23(16-19)29-13-7-2)20(25)11-10-18-9-8-17(3)21(14-18)26-4/h6-11,14-16H,1-2,12-13H2,3-5H3/b11-10+. The molecule has 0 bridgehead atoms. The maximum atomic E-state index is 13.0. The second kappa shape index (κ2) is 10.8. The van der Waals surface area contributed by atoms with E-state index in [0.29, 0.717) is 29.4 Å². The van der Waals surface area contributed by atoms with E-state index in [0.717, 1.165) is 16.9 Å². The molecule has 2 rings (SSSR count). The van der Waals surface area contributed by atoms with Crippen molar-refractivity contribution in [3.8, 4) is 23.0 Å². The van der Waals surface area contributed by atoms with Crippen molar-refractivity contribution in [1.82, 2.24) is 0 Å². The molecule has 5 heteroatoms. The number of methoxy groups -OCH3 is 2. The van der Waals surface area contributed by atoms with Gasteiger partial charge in [0.05, 0.1) is 14.2 Å². The monoisotopic (exact) mass is 394 g/mol. The maximum Gasteiger partial charge on any atom is 0.193 e. The molecule has 2 aromatic carbocycles. The number of rotatable bonds is 11. The number of aryl methyl sites for hydroxylation is 1. The van der Waals surface area contributed by atoms with Crippen LogP contribution in [0, 0.1) is 6.92 Å². The van der Waals surface area contributed by atoms with Gasteiger partial charge in [-0.15, -0.1) is 0 Å². The molecule has 0 aliphatic carbocycles. The van der Waals surface area contributed by atoms with Crippen molar-refractivity contribution in [1.29, 1.82) is 0 Å². The normalized spacial score (nSPS) is 10.4. The SMILES string of the molecule is C=CCOc1cc(OC)c(C(=O)/C=C/c2ccc(C)c(OC)c2)c(OCC=C)c1. The van der Waals surface area contributed by atoms with Crippen LogP contribution >= 0.6 is 0 Å². The van der Waals surface area contributed by atoms with Crippen LogP contribution in [0.15, 0.2) is 61.7 Å². The minimum absolute atomic E-state index is 0.243. The van der Waals surface area contributed by atoms with Crippen molar-refractivity contribution in [2.24, 2.45) is 0 Å². The summed E-state index contributed by atoms with van der Waals surface area (Å²) in [5, 5.41) is 0. The molecule has 0 aliphatic heterocycles. The van der Waals surface area contributed by atoms with Gasteiger partial charge in [-0.1, -0.05) is 43.5 Å². The zero-order valence-corrected chi connectivity index (χ0v) is 17.1. The molecule has 0 unspecified atom stereocenters. The Hall–Kier alpha value is -3.47. The fourth-order valence-electron chi connectivity index (χ4n) is 2.67. The van der Waals surface area contributed by atoms with E-state index in [4.69, 9.17) is 18.9 Å². The molecule has 2 aromatic rings. The first-order valence-corrected chi connectivity index (χ1v) is 9.10. The first-order valence-electron chi connectivity index (χ1n) is 9.10. The number of allylic oxidation sites excluding steroid dienone is 1. The van der Waals surface area contributed by atoms with Crippen molar-refractivity contribution < 1.29 is 23.7 Å². The van der Waals surface area contributed by atoms with Gasteiger partial charge < -0.3 is 18.9 Å². The number of carbonyl (C=O) groups is 1. The molecular formula is C24H26O5. The second-order valence-electron chi connectivity index (χ2n) is 6.12. The summed E-state index contributed by atoms with van der Waals surface area (Å²) in [5.41, 5.74) is 2.18. The Morgan fingerprint density at radius 1 is 0.931 bits per heavy atom. The highest BCUT2D eigenvalue weighted by molar-refractivity contribution is 6.10. The summed E-state index contributed by atoms with van der Waals surface area (Å²) in [4.78, 5) is 13.0. The van der Waals surface area contributed by atoms with Gasteiger partial charge in [0, 0.05) is 12.1 Å². The fraction of sp³-hybridized carbons (Fsp3) is 0.208. The Balaban J connectivity index is 2.40. The van der Waals surface area contributed by atoms with Gasteiger partial charge in [-0.2, -0.15) is 0 Å². The summed E-state index contributed by atoms with van der Waals surface area (Å²) in [6.07, 6.45) is 6.44. The van der Waals surface area contributed by atoms with E-state index >= 15 is 0 Å². The van der Waals surface area contributed by atoms with Crippen LogP contribution in [-0.2, 0) is 0 Å². The lowest BCUT2D eigenvalue weighted by atomic mass is 10.1. The van der Waals surface area contributed by atoms with Crippen molar-refractivity contribution in [2.45, 2.75) is 6.92 Å². The highest BCUT2D eigenvalue weighted by atomic mass is 16.5. The lowest BCUT2D eigenvalue weighted by Gasteiger charge is -2.15. The van der Waals surface area contributed by atoms with Crippen LogP contribution < -0.4 is 18.9 Å². The van der Waals surface area contributed by atoms with Crippen molar-refractivity contribution in [3.63, 3.8) is 0 Å². The van der Waals surface area contributed by atoms with E-state index in [9.17, 15) is 4.79 Å². The number of hydrogen-bond donors (Lipinski definition) is 0. The lowest BCUT2D eigenvalue weighted by molar-refractivity contribution is 0.104. The van der Waals surface area contributed by atoms with Crippen LogP contribution in [0.2, 0.25) is 0 Å². The van der Waals surface area contributed by atoms with E-state index in [-0.39, 0.29) is 12.4 Å². The molecule has 0 amide bonds. The quantitative estimate of drug-likeness (QED) is 0.304. The third-order valence-corrected chi connectivity index (χ3v) is 4.09. The summed E-state index contributed by atoms with van der Waals surface area (Å²) < 4.78 is 22.0. The third-order valence-electron chi connectivity index (χ3n) is 4.09. The van der Waals surface area contributed by atoms with E-state index in [1.54, 1.807) is 37.5 Å².